The Kier molecular flexibility index (Phi) is 20.1. The first kappa shape index (κ1) is 67.6. The molecule has 6 heterocycles. The van der Waals surface area contributed by atoms with Crippen LogP contribution in [-0.4, -0.2) is 258 Å². The van der Waals surface area contributed by atoms with Crippen molar-refractivity contribution in [3.05, 3.63) is 11.6 Å². The highest BCUT2D eigenvalue weighted by Crippen LogP contribution is 2.68. The Hall–Kier alpha value is -1.31. The predicted octanol–water partition coefficient (Wildman–Crippen LogP) is -1.20. The normalized spacial score (nSPS) is 53.6. The Labute approximate surface area is 502 Å². The summed E-state index contributed by atoms with van der Waals surface area (Å²) in [5.74, 6) is -0.159. The average Bonchev–Trinajstić information content (AvgIpc) is 1.38. The van der Waals surface area contributed by atoms with Crippen molar-refractivity contribution >= 4 is 10.4 Å². The maximum atomic E-state index is 12.5. The van der Waals surface area contributed by atoms with Crippen LogP contribution in [0.4, 0.5) is 0 Å². The lowest BCUT2D eigenvalue weighted by Crippen LogP contribution is -2.68. The SMILES string of the molecule is CC(C)[C@H](C)[C@@H]1O[C@H]1[C@](C)(O)[C@H]1CCC2C3C[C@H](O[C@@H]4O[C@H](CO)[C@@H](O)[C@H](O[C@@H]5O[C@H](C)[C@@H](O[C@@H]6O[C@H](C)[C@@H](O)[C@H](O)[C@H]6O[C@@H]6O[C@H](C)[C@H](O)C[C@H]6O)[C@H](O)[C@H]5O[C@@H]5O[C@H](C)[C@@H](O)[C@H](O)[C@H]5O)[C@H]4O)C4C[C@@H](OS(=O)(=O)O)CC[C@]4(C)C3=CC[C@@]21C. The number of hydrogen-bond acceptors (Lipinski definition) is 26. The monoisotopic (exact) mass is 1260 g/mol. The zero-order chi connectivity index (χ0) is 62.8. The second kappa shape index (κ2) is 25.5. The van der Waals surface area contributed by atoms with Crippen LogP contribution >= 0.6 is 0 Å². The van der Waals surface area contributed by atoms with E-state index in [4.69, 9.17) is 56.3 Å². The van der Waals surface area contributed by atoms with Crippen LogP contribution < -0.4 is 0 Å². The first-order valence-corrected chi connectivity index (χ1v) is 32.3. The zero-order valence-corrected chi connectivity index (χ0v) is 51.3. The van der Waals surface area contributed by atoms with Crippen molar-refractivity contribution in [3.63, 3.8) is 0 Å². The van der Waals surface area contributed by atoms with Gasteiger partial charge >= 0.3 is 10.4 Å². The van der Waals surface area contributed by atoms with Gasteiger partial charge in [0.2, 0.25) is 0 Å². The molecule has 496 valence electrons. The van der Waals surface area contributed by atoms with E-state index in [1.54, 1.807) is 6.92 Å². The molecule has 36 atom stereocenters. The third kappa shape index (κ3) is 12.7. The van der Waals surface area contributed by atoms with Crippen LogP contribution in [0.2, 0.25) is 0 Å². The summed E-state index contributed by atoms with van der Waals surface area (Å²) in [5, 5.41) is 137. The third-order valence-electron chi connectivity index (χ3n) is 21.9. The topological polar surface area (TPSA) is 411 Å². The molecule has 0 spiro atoms. The fourth-order valence-electron chi connectivity index (χ4n) is 16.5. The largest absolute Gasteiger partial charge is 0.397 e. The molecule has 10 aliphatic rings. The molecule has 28 heteroatoms. The predicted molar refractivity (Wildman–Crippen MR) is 292 cm³/mol. The molecule has 3 saturated carbocycles. The first-order chi connectivity index (χ1) is 40.2. The van der Waals surface area contributed by atoms with E-state index in [2.05, 4.69) is 40.7 Å². The lowest BCUT2D eigenvalue weighted by atomic mass is 9.47. The standard InChI is InChI=1S/C58H96O27S/c1-21(2)22(3)45-50(80-45)58(10,70)36-12-11-29-28-18-34(31-17-27(85-86(71,72)73)13-15-56(31,8)30(28)14-16-57(29,36)9)78-53-44(69)47(39(64)35(20-59)79-53)82-55-49(84-52-42(67)40(65)37(62)24(5)75-52)43(68)46(26(7)77-55)81-54-48(41(66)38(63)25(6)76-54)83-51-33(61)19-32(60)23(4)74-51/h14,21-29,31-55,59-70H,11-13,15-20H2,1-10H3,(H,71,72,73)/t22-,23+,24+,25+,26+,27-,28?,29?,31?,32+,33+,34-,35+,36-,37+,38+,39+,40-,41-,42+,43-,44+,45-,46+,47-,48+,49+,50+,51-,52-,53+,54-,55-,56+,57-,58+/m0/s1. The minimum atomic E-state index is -4.89. The maximum absolute atomic E-state index is 12.5. The van der Waals surface area contributed by atoms with Crippen molar-refractivity contribution in [2.75, 3.05) is 6.61 Å². The first-order valence-electron chi connectivity index (χ1n) is 30.9. The zero-order valence-electron chi connectivity index (χ0n) is 50.5. The molecule has 0 radical (unpaired) electrons. The van der Waals surface area contributed by atoms with E-state index in [1.165, 1.54) is 26.3 Å². The van der Waals surface area contributed by atoms with Gasteiger partial charge in [0.25, 0.3) is 0 Å². The molecule has 0 aromatic rings. The smallest absolute Gasteiger partial charge is 0.394 e. The molecular weight excluding hydrogens is 1160 g/mol. The van der Waals surface area contributed by atoms with E-state index in [9.17, 15) is 74.2 Å². The summed E-state index contributed by atoms with van der Waals surface area (Å²) < 4.78 is 108. The van der Waals surface area contributed by atoms with Crippen LogP contribution in [-0.2, 0) is 66.7 Å². The Morgan fingerprint density at radius 3 is 1.84 bits per heavy atom. The van der Waals surface area contributed by atoms with E-state index in [-0.39, 0.29) is 55.1 Å². The van der Waals surface area contributed by atoms with Crippen LogP contribution in [0.5, 0.6) is 0 Å². The van der Waals surface area contributed by atoms with Crippen LogP contribution in [0, 0.1) is 46.3 Å². The number of hydrogen-bond donors (Lipinski definition) is 13. The van der Waals surface area contributed by atoms with Gasteiger partial charge in [-0.15, -0.1) is 0 Å². The fraction of sp³-hybridized carbons (Fsp3) is 0.966. The van der Waals surface area contributed by atoms with Crippen molar-refractivity contribution in [3.8, 4) is 0 Å². The number of rotatable bonds is 17. The van der Waals surface area contributed by atoms with E-state index in [0.29, 0.717) is 25.2 Å². The fourth-order valence-corrected chi connectivity index (χ4v) is 17.0. The van der Waals surface area contributed by atoms with Gasteiger partial charge < -0.3 is 113 Å². The molecule has 27 nitrogen and oxygen atoms in total. The van der Waals surface area contributed by atoms with Gasteiger partial charge in [-0.25, -0.2) is 4.18 Å². The van der Waals surface area contributed by atoms with E-state index in [1.807, 2.05) is 6.92 Å². The summed E-state index contributed by atoms with van der Waals surface area (Å²) in [6, 6.07) is 0. The van der Waals surface area contributed by atoms with Gasteiger partial charge in [0, 0.05) is 6.42 Å². The van der Waals surface area contributed by atoms with Crippen molar-refractivity contribution < 1.29 is 131 Å². The summed E-state index contributed by atoms with van der Waals surface area (Å²) in [7, 11) is -4.89. The van der Waals surface area contributed by atoms with E-state index < -0.39 is 199 Å². The van der Waals surface area contributed by atoms with Gasteiger partial charge in [-0.2, -0.15) is 8.42 Å². The lowest BCUT2D eigenvalue weighted by Gasteiger charge is -2.60. The molecule has 86 heavy (non-hydrogen) atoms. The molecule has 0 bridgehead atoms. The Balaban J connectivity index is 0.929. The van der Waals surface area contributed by atoms with Crippen LogP contribution in [0.1, 0.15) is 121 Å². The van der Waals surface area contributed by atoms with Gasteiger partial charge in [-0.3, -0.25) is 4.55 Å². The second-order valence-electron chi connectivity index (χ2n) is 27.7. The highest BCUT2D eigenvalue weighted by molar-refractivity contribution is 7.80. The van der Waals surface area contributed by atoms with E-state index >= 15 is 0 Å². The molecule has 4 aliphatic carbocycles. The Bertz CT molecular complexity index is 2460. The van der Waals surface area contributed by atoms with Gasteiger partial charge in [0.05, 0.1) is 61.0 Å². The minimum Gasteiger partial charge on any atom is -0.394 e. The van der Waals surface area contributed by atoms with Crippen molar-refractivity contribution in [1.82, 2.24) is 0 Å². The third-order valence-corrected chi connectivity index (χ3v) is 22.5. The van der Waals surface area contributed by atoms with Crippen molar-refractivity contribution in [2.24, 2.45) is 46.3 Å². The van der Waals surface area contributed by atoms with Crippen LogP contribution in [0.15, 0.2) is 11.6 Å². The summed E-state index contributed by atoms with van der Waals surface area (Å²) in [6.07, 6.45) is -34.9. The highest BCUT2D eigenvalue weighted by Gasteiger charge is 2.67. The summed E-state index contributed by atoms with van der Waals surface area (Å²) in [4.78, 5) is 0. The highest BCUT2D eigenvalue weighted by atomic mass is 32.3. The molecular formula is C58H96O27S. The molecule has 3 unspecified atom stereocenters. The van der Waals surface area contributed by atoms with Crippen molar-refractivity contribution in [2.45, 2.75) is 298 Å². The molecule has 10 rings (SSSR count). The van der Waals surface area contributed by atoms with Crippen LogP contribution in [0.25, 0.3) is 0 Å². The Morgan fingerprint density at radius 1 is 0.605 bits per heavy atom. The van der Waals surface area contributed by atoms with Crippen LogP contribution in [0.3, 0.4) is 0 Å². The molecule has 0 amide bonds. The molecule has 0 aromatic carbocycles. The quantitative estimate of drug-likeness (QED) is 0.0462. The number of aliphatic hydroxyl groups is 12. The minimum absolute atomic E-state index is 0.0380. The Morgan fingerprint density at radius 2 is 1.19 bits per heavy atom. The molecule has 13 N–H and O–H groups in total. The molecule has 6 aliphatic heterocycles. The van der Waals surface area contributed by atoms with E-state index in [0.717, 1.165) is 12.8 Å². The lowest BCUT2D eigenvalue weighted by molar-refractivity contribution is -0.405. The van der Waals surface area contributed by atoms with Gasteiger partial charge in [0.1, 0.15) is 91.6 Å². The maximum Gasteiger partial charge on any atom is 0.397 e. The van der Waals surface area contributed by atoms with Gasteiger partial charge in [-0.1, -0.05) is 46.3 Å². The second-order valence-corrected chi connectivity index (χ2v) is 28.7. The van der Waals surface area contributed by atoms with Gasteiger partial charge in [0.15, 0.2) is 31.5 Å². The number of fused-ring (bicyclic) bond motifs is 5. The molecule has 0 aromatic heterocycles. The van der Waals surface area contributed by atoms with Gasteiger partial charge in [-0.05, 0) is 126 Å². The number of epoxide rings is 1. The molecule has 9 fully saturated rings. The summed E-state index contributed by atoms with van der Waals surface area (Å²) in [5.41, 5.74) is -1.01. The summed E-state index contributed by atoms with van der Waals surface area (Å²) in [6.45, 7) is 17.6. The van der Waals surface area contributed by atoms with Crippen molar-refractivity contribution in [1.29, 1.82) is 0 Å². The number of allylic oxidation sites excluding steroid dienone is 2. The number of ether oxygens (including phenoxy) is 11. The average molecular weight is 1260 g/mol. The molecule has 6 saturated heterocycles. The summed E-state index contributed by atoms with van der Waals surface area (Å²) >= 11 is 0. The number of aliphatic hydroxyl groups excluding tert-OH is 11.